The Morgan fingerprint density at radius 1 is 1.17 bits per heavy atom. The molecule has 3 heterocycles. The van der Waals surface area contributed by atoms with Gasteiger partial charge in [-0.2, -0.15) is 0 Å². The summed E-state index contributed by atoms with van der Waals surface area (Å²) in [5.74, 6) is -0.578. The monoisotopic (exact) mass is 492 g/mol. The molecule has 0 radical (unpaired) electrons. The van der Waals surface area contributed by atoms with E-state index in [2.05, 4.69) is 15.6 Å². The summed E-state index contributed by atoms with van der Waals surface area (Å²) in [6, 6.07) is 17.4. The molecule has 2 aromatic carbocycles. The molecule has 3 N–H and O–H groups in total. The lowest BCUT2D eigenvalue weighted by Gasteiger charge is -2.32. The molecule has 8 nitrogen and oxygen atoms in total. The van der Waals surface area contributed by atoms with Crippen LogP contribution in [-0.4, -0.2) is 51.8 Å². The molecule has 5 rings (SSSR count). The number of aliphatic hydroxyl groups is 1. The van der Waals surface area contributed by atoms with Crippen LogP contribution in [-0.2, 0) is 21.7 Å². The van der Waals surface area contributed by atoms with Crippen LogP contribution in [0.2, 0.25) is 18.6 Å². The second-order valence-electron chi connectivity index (χ2n) is 10.2. The number of para-hydroxylation sites is 1. The third-order valence-corrected chi connectivity index (χ3v) is 10.1. The number of benzene rings is 2. The molecule has 0 bridgehead atoms. The van der Waals surface area contributed by atoms with Crippen LogP contribution in [0.4, 0.5) is 5.69 Å². The van der Waals surface area contributed by atoms with E-state index < -0.39 is 13.9 Å². The molecule has 9 heteroatoms. The first-order chi connectivity index (χ1) is 16.8. The standard InChI is InChI=1S/C26H32N4O4Si/c1-17-24(35(2,3)33)23(34-26(17)20-11-7-8-12-21(20)27-25(26)32)13-14-30-15-22(28-29-30)19(16-31)18-9-5-4-6-10-18/h4-12,15,17,19,23-24,31,33H,13-14,16H2,1-3H3,(H,27,32)/t17-,19?,23+,24-,26+/m1/s1. The first kappa shape index (κ1) is 23.9. The molecule has 0 aliphatic carbocycles. The molecule has 2 aliphatic rings. The molecule has 2 aliphatic heterocycles. The fourth-order valence-electron chi connectivity index (χ4n) is 6.02. The highest BCUT2D eigenvalue weighted by Gasteiger charge is 2.64. The first-order valence-corrected chi connectivity index (χ1v) is 15.1. The zero-order chi connectivity index (χ0) is 24.8. The van der Waals surface area contributed by atoms with Gasteiger partial charge in [0.05, 0.1) is 24.3 Å². The lowest BCUT2D eigenvalue weighted by molar-refractivity contribution is -0.143. The Balaban J connectivity index is 1.38. The maximum atomic E-state index is 13.3. The van der Waals surface area contributed by atoms with Crippen LogP contribution < -0.4 is 5.32 Å². The number of aryl methyl sites for hydroxylation is 1. The molecule has 1 unspecified atom stereocenters. The Bertz CT molecular complexity index is 1210. The maximum Gasteiger partial charge on any atom is 0.261 e. The van der Waals surface area contributed by atoms with Gasteiger partial charge in [-0.25, -0.2) is 0 Å². The van der Waals surface area contributed by atoms with Gasteiger partial charge in [0, 0.05) is 35.5 Å². The molecule has 1 amide bonds. The average molecular weight is 493 g/mol. The fourth-order valence-corrected chi connectivity index (χ4v) is 8.62. The molecular weight excluding hydrogens is 460 g/mol. The summed E-state index contributed by atoms with van der Waals surface area (Å²) in [6.07, 6.45) is 2.14. The van der Waals surface area contributed by atoms with E-state index in [-0.39, 0.29) is 36.0 Å². The largest absolute Gasteiger partial charge is 0.432 e. The average Bonchev–Trinajstić information content (AvgIpc) is 3.49. The zero-order valence-corrected chi connectivity index (χ0v) is 21.3. The summed E-state index contributed by atoms with van der Waals surface area (Å²) in [5.41, 5.74) is 2.08. The van der Waals surface area contributed by atoms with Crippen LogP contribution in [0.25, 0.3) is 0 Å². The van der Waals surface area contributed by atoms with E-state index in [1.165, 1.54) is 0 Å². The van der Waals surface area contributed by atoms with Gasteiger partial charge in [-0.1, -0.05) is 60.7 Å². The highest BCUT2D eigenvalue weighted by atomic mass is 28.4. The summed E-state index contributed by atoms with van der Waals surface area (Å²) >= 11 is 0. The minimum atomic E-state index is -2.68. The molecule has 1 aromatic heterocycles. The van der Waals surface area contributed by atoms with E-state index >= 15 is 0 Å². The van der Waals surface area contributed by atoms with Crippen LogP contribution in [0.5, 0.6) is 0 Å². The number of anilines is 1. The second-order valence-corrected chi connectivity index (χ2v) is 14.2. The number of aliphatic hydroxyl groups excluding tert-OH is 1. The number of carbonyl (C=O) groups excluding carboxylic acids is 1. The number of aromatic nitrogens is 3. The third-order valence-electron chi connectivity index (χ3n) is 7.59. The summed E-state index contributed by atoms with van der Waals surface area (Å²) in [4.78, 5) is 24.5. The molecule has 1 fully saturated rings. The number of carbonyl (C=O) groups is 1. The van der Waals surface area contributed by atoms with Gasteiger partial charge in [0.25, 0.3) is 5.91 Å². The Hall–Kier alpha value is -2.85. The van der Waals surface area contributed by atoms with Crippen molar-refractivity contribution in [2.75, 3.05) is 11.9 Å². The van der Waals surface area contributed by atoms with Crippen molar-refractivity contribution in [1.82, 2.24) is 15.0 Å². The molecule has 0 saturated carbocycles. The van der Waals surface area contributed by atoms with Gasteiger partial charge in [-0.05, 0) is 31.1 Å². The van der Waals surface area contributed by atoms with Crippen LogP contribution in [0, 0.1) is 5.92 Å². The number of hydrogen-bond donors (Lipinski definition) is 3. The Kier molecular flexibility index (Phi) is 6.12. The van der Waals surface area contributed by atoms with Crippen molar-refractivity contribution in [1.29, 1.82) is 0 Å². The van der Waals surface area contributed by atoms with Crippen LogP contribution in [0.3, 0.4) is 0 Å². The number of hydrogen-bond acceptors (Lipinski definition) is 6. The van der Waals surface area contributed by atoms with Gasteiger partial charge in [0.15, 0.2) is 13.9 Å². The van der Waals surface area contributed by atoms with Gasteiger partial charge in [0.2, 0.25) is 0 Å². The minimum absolute atomic E-state index is 0.0601. The van der Waals surface area contributed by atoms with E-state index in [1.807, 2.05) is 80.8 Å². The Labute approximate surface area is 206 Å². The molecular formula is C26H32N4O4Si. The summed E-state index contributed by atoms with van der Waals surface area (Å²) in [6.45, 7) is 6.33. The van der Waals surface area contributed by atoms with E-state index in [1.54, 1.807) is 4.68 Å². The predicted molar refractivity (Wildman–Crippen MR) is 134 cm³/mol. The second kappa shape index (κ2) is 8.98. The summed E-state index contributed by atoms with van der Waals surface area (Å²) in [7, 11) is -2.68. The number of amides is 1. The van der Waals surface area contributed by atoms with Gasteiger partial charge in [-0.3, -0.25) is 9.48 Å². The van der Waals surface area contributed by atoms with Gasteiger partial charge in [-0.15, -0.1) is 5.10 Å². The summed E-state index contributed by atoms with van der Waals surface area (Å²) in [5, 5.41) is 21.5. The highest BCUT2D eigenvalue weighted by molar-refractivity contribution is 6.71. The van der Waals surface area contributed by atoms with Gasteiger partial charge < -0.3 is 20.0 Å². The van der Waals surface area contributed by atoms with E-state index in [0.717, 1.165) is 16.8 Å². The maximum absolute atomic E-state index is 13.3. The Morgan fingerprint density at radius 2 is 1.89 bits per heavy atom. The number of ether oxygens (including phenoxy) is 1. The molecule has 1 spiro atoms. The van der Waals surface area contributed by atoms with Crippen molar-refractivity contribution in [3.8, 4) is 0 Å². The smallest absolute Gasteiger partial charge is 0.261 e. The van der Waals surface area contributed by atoms with Crippen molar-refractivity contribution >= 4 is 19.9 Å². The van der Waals surface area contributed by atoms with Crippen LogP contribution >= 0.6 is 0 Å². The topological polar surface area (TPSA) is 110 Å². The Morgan fingerprint density at radius 3 is 2.60 bits per heavy atom. The first-order valence-electron chi connectivity index (χ1n) is 12.1. The number of rotatable bonds is 7. The molecule has 3 aromatic rings. The lowest BCUT2D eigenvalue weighted by Crippen LogP contribution is -2.43. The van der Waals surface area contributed by atoms with E-state index in [0.29, 0.717) is 18.7 Å². The van der Waals surface area contributed by atoms with E-state index in [9.17, 15) is 14.7 Å². The van der Waals surface area contributed by atoms with Crippen molar-refractivity contribution in [2.24, 2.45) is 5.92 Å². The fraction of sp³-hybridized carbons (Fsp3) is 0.423. The SMILES string of the molecule is C[C@@H]1[C@@H]([Si](C)(C)O)[C@H](CCn2cc(C(CO)c3ccccc3)nn2)O[C@@]12C(=O)Nc1ccccc12. The molecule has 5 atom stereocenters. The van der Waals surface area contributed by atoms with Crippen LogP contribution in [0.15, 0.2) is 60.8 Å². The number of nitrogens with zero attached hydrogens (tertiary/aromatic N) is 3. The lowest BCUT2D eigenvalue weighted by atomic mass is 9.82. The van der Waals surface area contributed by atoms with Gasteiger partial charge >= 0.3 is 0 Å². The molecule has 1 saturated heterocycles. The van der Waals surface area contributed by atoms with Crippen molar-refractivity contribution in [3.63, 3.8) is 0 Å². The molecule has 184 valence electrons. The quantitative estimate of drug-likeness (QED) is 0.437. The van der Waals surface area contributed by atoms with Crippen molar-refractivity contribution in [2.45, 2.75) is 56.1 Å². The number of fused-ring (bicyclic) bond motifs is 2. The highest BCUT2D eigenvalue weighted by Crippen LogP contribution is 2.58. The normalized spacial score (nSPS) is 26.7. The molecule has 35 heavy (non-hydrogen) atoms. The number of nitrogens with one attached hydrogen (secondary N) is 1. The van der Waals surface area contributed by atoms with Crippen molar-refractivity contribution < 1.29 is 19.4 Å². The predicted octanol–water partition coefficient (Wildman–Crippen LogP) is 3.24. The third kappa shape index (κ3) is 4.02. The van der Waals surface area contributed by atoms with Gasteiger partial charge in [0.1, 0.15) is 0 Å². The van der Waals surface area contributed by atoms with E-state index in [4.69, 9.17) is 4.74 Å². The minimum Gasteiger partial charge on any atom is -0.432 e. The van der Waals surface area contributed by atoms with Crippen molar-refractivity contribution in [3.05, 3.63) is 77.6 Å². The van der Waals surface area contributed by atoms with Crippen LogP contribution in [0.1, 0.15) is 36.1 Å². The zero-order valence-electron chi connectivity index (χ0n) is 20.3. The summed E-state index contributed by atoms with van der Waals surface area (Å²) < 4.78 is 8.38.